The Morgan fingerprint density at radius 2 is 2.00 bits per heavy atom. The van der Waals surface area contributed by atoms with E-state index in [9.17, 15) is 0 Å². The first-order chi connectivity index (χ1) is 7.75. The molecule has 2 atom stereocenters. The van der Waals surface area contributed by atoms with Crippen LogP contribution in [0.2, 0.25) is 0 Å². The van der Waals surface area contributed by atoms with Gasteiger partial charge >= 0.3 is 0 Å². The predicted molar refractivity (Wildman–Crippen MR) is 69.7 cm³/mol. The Labute approximate surface area is 98.7 Å². The first kappa shape index (κ1) is 11.5. The molecular weight excluding hydrogens is 196 g/mol. The molecule has 2 heteroatoms. The summed E-state index contributed by atoms with van der Waals surface area (Å²) in [6.07, 6.45) is 1.43. The Hall–Kier alpha value is -1.02. The highest BCUT2D eigenvalue weighted by Gasteiger charge is 2.32. The van der Waals surface area contributed by atoms with Gasteiger partial charge in [0, 0.05) is 25.3 Å². The molecule has 2 nitrogen and oxygen atoms in total. The van der Waals surface area contributed by atoms with Gasteiger partial charge in [0.25, 0.3) is 0 Å². The third-order valence-electron chi connectivity index (χ3n) is 3.42. The quantitative estimate of drug-likeness (QED) is 0.789. The SMILES string of the molecule is CC1CC1CN(C)CCNc1ccccc1. The van der Waals surface area contributed by atoms with Crippen molar-refractivity contribution in [3.8, 4) is 0 Å². The van der Waals surface area contributed by atoms with Crippen molar-refractivity contribution in [2.24, 2.45) is 11.8 Å². The molecule has 1 aromatic carbocycles. The predicted octanol–water partition coefficient (Wildman–Crippen LogP) is 2.69. The number of anilines is 1. The Morgan fingerprint density at radius 3 is 2.62 bits per heavy atom. The van der Waals surface area contributed by atoms with Crippen LogP contribution >= 0.6 is 0 Å². The number of likely N-dealkylation sites (N-methyl/N-ethyl adjacent to an activating group) is 1. The molecule has 2 unspecified atom stereocenters. The zero-order chi connectivity index (χ0) is 11.4. The smallest absolute Gasteiger partial charge is 0.0340 e. The fourth-order valence-corrected chi connectivity index (χ4v) is 2.09. The largest absolute Gasteiger partial charge is 0.384 e. The van der Waals surface area contributed by atoms with E-state index >= 15 is 0 Å². The minimum atomic E-state index is 0.960. The molecule has 1 aliphatic rings. The molecule has 1 N–H and O–H groups in total. The second-order valence-corrected chi connectivity index (χ2v) is 5.03. The summed E-state index contributed by atoms with van der Waals surface area (Å²) < 4.78 is 0. The van der Waals surface area contributed by atoms with Crippen molar-refractivity contribution < 1.29 is 0 Å². The lowest BCUT2D eigenvalue weighted by molar-refractivity contribution is 0.326. The summed E-state index contributed by atoms with van der Waals surface area (Å²) in [7, 11) is 2.22. The van der Waals surface area contributed by atoms with Crippen molar-refractivity contribution in [2.45, 2.75) is 13.3 Å². The molecule has 16 heavy (non-hydrogen) atoms. The van der Waals surface area contributed by atoms with Gasteiger partial charge in [-0.1, -0.05) is 25.1 Å². The Kier molecular flexibility index (Phi) is 3.83. The molecule has 2 rings (SSSR count). The second-order valence-electron chi connectivity index (χ2n) is 5.03. The van der Waals surface area contributed by atoms with Crippen molar-refractivity contribution in [3.05, 3.63) is 30.3 Å². The molecule has 0 amide bonds. The van der Waals surface area contributed by atoms with Crippen LogP contribution in [-0.4, -0.2) is 31.6 Å². The molecule has 0 aliphatic heterocycles. The van der Waals surface area contributed by atoms with Crippen LogP contribution in [0, 0.1) is 11.8 Å². The summed E-state index contributed by atoms with van der Waals surface area (Å²) in [5.41, 5.74) is 1.22. The van der Waals surface area contributed by atoms with Gasteiger partial charge in [0.05, 0.1) is 0 Å². The van der Waals surface area contributed by atoms with Crippen LogP contribution in [0.25, 0.3) is 0 Å². The summed E-state index contributed by atoms with van der Waals surface area (Å²) in [4.78, 5) is 2.43. The van der Waals surface area contributed by atoms with E-state index in [1.807, 2.05) is 6.07 Å². The van der Waals surface area contributed by atoms with Gasteiger partial charge in [-0.25, -0.2) is 0 Å². The number of benzene rings is 1. The normalized spacial score (nSPS) is 23.4. The standard InChI is InChI=1S/C14H22N2/c1-12-10-13(12)11-16(2)9-8-15-14-6-4-3-5-7-14/h3-7,12-13,15H,8-11H2,1-2H3. The fourth-order valence-electron chi connectivity index (χ4n) is 2.09. The van der Waals surface area contributed by atoms with E-state index in [1.165, 1.54) is 18.7 Å². The lowest BCUT2D eigenvalue weighted by Gasteiger charge is -2.17. The van der Waals surface area contributed by atoms with Gasteiger partial charge in [-0.05, 0) is 37.4 Å². The van der Waals surface area contributed by atoms with Crippen LogP contribution in [0.15, 0.2) is 30.3 Å². The summed E-state index contributed by atoms with van der Waals surface area (Å²) in [6.45, 7) is 5.76. The van der Waals surface area contributed by atoms with Crippen LogP contribution in [0.4, 0.5) is 5.69 Å². The maximum Gasteiger partial charge on any atom is 0.0340 e. The molecule has 0 spiro atoms. The number of para-hydroxylation sites is 1. The molecule has 0 saturated heterocycles. The highest BCUT2D eigenvalue weighted by Crippen LogP contribution is 2.37. The molecular formula is C14H22N2. The Morgan fingerprint density at radius 1 is 1.31 bits per heavy atom. The first-order valence-corrected chi connectivity index (χ1v) is 6.23. The third kappa shape index (κ3) is 3.53. The first-order valence-electron chi connectivity index (χ1n) is 6.23. The maximum atomic E-state index is 3.44. The molecule has 0 bridgehead atoms. The van der Waals surface area contributed by atoms with Crippen molar-refractivity contribution in [3.63, 3.8) is 0 Å². The van der Waals surface area contributed by atoms with Gasteiger partial charge in [0.1, 0.15) is 0 Å². The van der Waals surface area contributed by atoms with Crippen LogP contribution in [0.5, 0.6) is 0 Å². The monoisotopic (exact) mass is 218 g/mol. The molecule has 1 aliphatic carbocycles. The van der Waals surface area contributed by atoms with Crippen LogP contribution in [0.3, 0.4) is 0 Å². The molecule has 1 saturated carbocycles. The van der Waals surface area contributed by atoms with Gasteiger partial charge in [-0.2, -0.15) is 0 Å². The van der Waals surface area contributed by atoms with Gasteiger partial charge in [-0.15, -0.1) is 0 Å². The van der Waals surface area contributed by atoms with E-state index in [-0.39, 0.29) is 0 Å². The summed E-state index contributed by atoms with van der Waals surface area (Å²) >= 11 is 0. The molecule has 88 valence electrons. The topological polar surface area (TPSA) is 15.3 Å². The van der Waals surface area contributed by atoms with E-state index in [2.05, 4.69) is 48.5 Å². The molecule has 0 aromatic heterocycles. The van der Waals surface area contributed by atoms with Crippen molar-refractivity contribution in [1.29, 1.82) is 0 Å². The van der Waals surface area contributed by atoms with Crippen LogP contribution in [-0.2, 0) is 0 Å². The van der Waals surface area contributed by atoms with Crippen molar-refractivity contribution in [1.82, 2.24) is 4.90 Å². The second kappa shape index (κ2) is 5.35. The number of nitrogens with zero attached hydrogens (tertiary/aromatic N) is 1. The van der Waals surface area contributed by atoms with Crippen LogP contribution < -0.4 is 5.32 Å². The number of nitrogens with one attached hydrogen (secondary N) is 1. The van der Waals surface area contributed by atoms with Gasteiger partial charge in [0.2, 0.25) is 0 Å². The summed E-state index contributed by atoms with van der Waals surface area (Å²) in [5, 5.41) is 3.44. The van der Waals surface area contributed by atoms with Gasteiger partial charge in [-0.3, -0.25) is 0 Å². The van der Waals surface area contributed by atoms with E-state index in [4.69, 9.17) is 0 Å². The van der Waals surface area contributed by atoms with Gasteiger partial charge < -0.3 is 10.2 Å². The van der Waals surface area contributed by atoms with Crippen molar-refractivity contribution in [2.75, 3.05) is 32.0 Å². The van der Waals surface area contributed by atoms with Crippen molar-refractivity contribution >= 4 is 5.69 Å². The van der Waals surface area contributed by atoms with E-state index in [0.717, 1.165) is 24.9 Å². The fraction of sp³-hybridized carbons (Fsp3) is 0.571. The average Bonchev–Trinajstić information content (AvgIpc) is 2.95. The minimum Gasteiger partial charge on any atom is -0.384 e. The lowest BCUT2D eigenvalue weighted by atomic mass is 10.3. The summed E-state index contributed by atoms with van der Waals surface area (Å²) in [6, 6.07) is 10.4. The highest BCUT2D eigenvalue weighted by molar-refractivity contribution is 5.42. The zero-order valence-electron chi connectivity index (χ0n) is 10.3. The van der Waals surface area contributed by atoms with Gasteiger partial charge in [0.15, 0.2) is 0 Å². The molecule has 0 heterocycles. The lowest BCUT2D eigenvalue weighted by Crippen LogP contribution is -2.27. The zero-order valence-corrected chi connectivity index (χ0v) is 10.3. The summed E-state index contributed by atoms with van der Waals surface area (Å²) in [5.74, 6) is 1.92. The molecule has 1 fully saturated rings. The number of hydrogen-bond acceptors (Lipinski definition) is 2. The average molecular weight is 218 g/mol. The Bertz CT molecular complexity index is 310. The third-order valence-corrected chi connectivity index (χ3v) is 3.42. The van der Waals surface area contributed by atoms with E-state index in [1.54, 1.807) is 0 Å². The number of hydrogen-bond donors (Lipinski definition) is 1. The number of rotatable bonds is 6. The minimum absolute atomic E-state index is 0.960. The van der Waals surface area contributed by atoms with E-state index < -0.39 is 0 Å². The van der Waals surface area contributed by atoms with Crippen LogP contribution in [0.1, 0.15) is 13.3 Å². The Balaban J connectivity index is 1.60. The molecule has 1 aromatic rings. The highest BCUT2D eigenvalue weighted by atomic mass is 15.1. The maximum absolute atomic E-state index is 3.44. The van der Waals surface area contributed by atoms with E-state index in [0.29, 0.717) is 0 Å². The molecule has 0 radical (unpaired) electrons.